The van der Waals surface area contributed by atoms with Crippen LogP contribution in [0.1, 0.15) is 24.5 Å². The van der Waals surface area contributed by atoms with Crippen LogP contribution in [0.5, 0.6) is 5.75 Å². The van der Waals surface area contributed by atoms with E-state index in [0.717, 1.165) is 12.0 Å². The fourth-order valence-electron chi connectivity index (χ4n) is 1.69. The van der Waals surface area contributed by atoms with Gasteiger partial charge in [-0.2, -0.15) is 5.26 Å². The monoisotopic (exact) mass is 280 g/mol. The molecule has 1 aromatic carbocycles. The molecule has 1 aromatic rings. The molecule has 0 aliphatic heterocycles. The maximum Gasteiger partial charge on any atom is 0.136 e. The quantitative estimate of drug-likeness (QED) is 0.827. The highest BCUT2D eigenvalue weighted by atomic mass is 32.2. The Bertz CT molecular complexity index is 483. The molecule has 0 heterocycles. The van der Waals surface area contributed by atoms with E-state index in [1.54, 1.807) is 19.4 Å². The molecule has 104 valence electrons. The molecule has 0 saturated carbocycles. The number of rotatable bonds is 7. The summed E-state index contributed by atoms with van der Waals surface area (Å²) in [6.07, 6.45) is 2.60. The first-order valence-corrected chi connectivity index (χ1v) is 7.90. The summed E-state index contributed by atoms with van der Waals surface area (Å²) in [6, 6.07) is 8.00. The molecule has 0 radical (unpaired) electrons. The van der Waals surface area contributed by atoms with Crippen LogP contribution in [0.3, 0.4) is 0 Å². The minimum atomic E-state index is -0.743. The second-order valence-electron chi connectivity index (χ2n) is 4.49. The van der Waals surface area contributed by atoms with Gasteiger partial charge in [-0.3, -0.25) is 4.21 Å². The smallest absolute Gasteiger partial charge is 0.136 e. The predicted molar refractivity (Wildman–Crippen MR) is 77.6 cm³/mol. The summed E-state index contributed by atoms with van der Waals surface area (Å²) in [4.78, 5) is 0. The highest BCUT2D eigenvalue weighted by molar-refractivity contribution is 7.84. The fourth-order valence-corrected chi connectivity index (χ4v) is 2.37. The highest BCUT2D eigenvalue weighted by Crippen LogP contribution is 2.18. The van der Waals surface area contributed by atoms with Crippen molar-refractivity contribution in [3.05, 3.63) is 29.3 Å². The lowest BCUT2D eigenvalue weighted by Crippen LogP contribution is -2.27. The van der Waals surface area contributed by atoms with Crippen LogP contribution >= 0.6 is 0 Å². The SMILES string of the molecule is COc1ccc(CNC(C)CCS(C)=O)cc1C#N. The van der Waals surface area contributed by atoms with E-state index < -0.39 is 10.8 Å². The van der Waals surface area contributed by atoms with Gasteiger partial charge in [0, 0.05) is 35.4 Å². The van der Waals surface area contributed by atoms with E-state index in [1.807, 2.05) is 12.1 Å². The van der Waals surface area contributed by atoms with Crippen molar-refractivity contribution in [3.8, 4) is 11.8 Å². The number of hydrogen-bond donors (Lipinski definition) is 1. The highest BCUT2D eigenvalue weighted by Gasteiger charge is 2.06. The van der Waals surface area contributed by atoms with Gasteiger partial charge in [-0.05, 0) is 31.0 Å². The largest absolute Gasteiger partial charge is 0.495 e. The topological polar surface area (TPSA) is 62.1 Å². The summed E-state index contributed by atoms with van der Waals surface area (Å²) in [5.41, 5.74) is 1.59. The van der Waals surface area contributed by atoms with Crippen molar-refractivity contribution in [2.75, 3.05) is 19.1 Å². The summed E-state index contributed by atoms with van der Waals surface area (Å²) in [5, 5.41) is 12.4. The van der Waals surface area contributed by atoms with Gasteiger partial charge in [-0.1, -0.05) is 6.07 Å². The molecule has 1 rings (SSSR count). The first-order chi connectivity index (χ1) is 9.06. The Balaban J connectivity index is 2.54. The second kappa shape index (κ2) is 7.93. The van der Waals surface area contributed by atoms with Crippen molar-refractivity contribution in [1.82, 2.24) is 5.32 Å². The van der Waals surface area contributed by atoms with Gasteiger partial charge >= 0.3 is 0 Å². The van der Waals surface area contributed by atoms with E-state index in [-0.39, 0.29) is 0 Å². The lowest BCUT2D eigenvalue weighted by atomic mass is 10.1. The predicted octanol–water partition coefficient (Wildman–Crippen LogP) is 1.81. The lowest BCUT2D eigenvalue weighted by molar-refractivity contribution is 0.413. The molecule has 0 spiro atoms. The Labute approximate surface area is 117 Å². The molecule has 2 atom stereocenters. The molecule has 1 N–H and O–H groups in total. The molecule has 0 aromatic heterocycles. The Morgan fingerprint density at radius 3 is 2.84 bits per heavy atom. The number of methoxy groups -OCH3 is 1. The average molecular weight is 280 g/mol. The van der Waals surface area contributed by atoms with Crippen molar-refractivity contribution >= 4 is 10.8 Å². The van der Waals surface area contributed by atoms with Gasteiger partial charge in [0.1, 0.15) is 11.8 Å². The summed E-state index contributed by atoms with van der Waals surface area (Å²) < 4.78 is 16.1. The number of hydrogen-bond acceptors (Lipinski definition) is 4. The Morgan fingerprint density at radius 2 is 2.26 bits per heavy atom. The van der Waals surface area contributed by atoms with Crippen LogP contribution in [0.25, 0.3) is 0 Å². The van der Waals surface area contributed by atoms with E-state index in [9.17, 15) is 4.21 Å². The van der Waals surface area contributed by atoms with Crippen LogP contribution < -0.4 is 10.1 Å². The summed E-state index contributed by atoms with van der Waals surface area (Å²) in [7, 11) is 0.813. The maximum absolute atomic E-state index is 11.0. The minimum absolute atomic E-state index is 0.302. The fraction of sp³-hybridized carbons (Fsp3) is 0.500. The van der Waals surface area contributed by atoms with Gasteiger partial charge in [0.15, 0.2) is 0 Å². The van der Waals surface area contributed by atoms with Gasteiger partial charge in [0.05, 0.1) is 12.7 Å². The summed E-state index contributed by atoms with van der Waals surface area (Å²) >= 11 is 0. The first-order valence-electron chi connectivity index (χ1n) is 6.17. The van der Waals surface area contributed by atoms with Crippen LogP contribution in [0, 0.1) is 11.3 Å². The third-order valence-electron chi connectivity index (χ3n) is 2.88. The number of benzene rings is 1. The van der Waals surface area contributed by atoms with E-state index in [1.165, 1.54) is 0 Å². The Kier molecular flexibility index (Phi) is 6.54. The van der Waals surface area contributed by atoms with Crippen LogP contribution in [0.15, 0.2) is 18.2 Å². The van der Waals surface area contributed by atoms with Crippen LogP contribution in [0.2, 0.25) is 0 Å². The molecule has 2 unspecified atom stereocenters. The van der Waals surface area contributed by atoms with Crippen LogP contribution in [0.4, 0.5) is 0 Å². The van der Waals surface area contributed by atoms with E-state index in [4.69, 9.17) is 10.00 Å². The van der Waals surface area contributed by atoms with Crippen LogP contribution in [-0.4, -0.2) is 29.4 Å². The van der Waals surface area contributed by atoms with Crippen molar-refractivity contribution in [3.63, 3.8) is 0 Å². The molecule has 4 nitrogen and oxygen atoms in total. The molecule has 0 amide bonds. The third-order valence-corrected chi connectivity index (χ3v) is 3.69. The summed E-state index contributed by atoms with van der Waals surface area (Å²) in [6.45, 7) is 2.76. The molecular weight excluding hydrogens is 260 g/mol. The number of nitrogens with one attached hydrogen (secondary N) is 1. The van der Waals surface area contributed by atoms with E-state index in [2.05, 4.69) is 18.3 Å². The first kappa shape index (κ1) is 15.7. The molecule has 0 bridgehead atoms. The van der Waals surface area contributed by atoms with Gasteiger partial charge in [-0.25, -0.2) is 0 Å². The number of nitriles is 1. The Hall–Kier alpha value is -1.38. The molecule has 0 fully saturated rings. The Morgan fingerprint density at radius 1 is 1.53 bits per heavy atom. The number of nitrogens with zero attached hydrogens (tertiary/aromatic N) is 1. The maximum atomic E-state index is 11.0. The van der Waals surface area contributed by atoms with E-state index >= 15 is 0 Å². The van der Waals surface area contributed by atoms with E-state index in [0.29, 0.717) is 29.7 Å². The molecule has 0 aliphatic carbocycles. The zero-order chi connectivity index (χ0) is 14.3. The standard InChI is InChI=1S/C14H20N2O2S/c1-11(6-7-19(3)17)16-10-12-4-5-14(18-2)13(8-12)9-15/h4-5,8,11,16H,6-7,10H2,1-3H3. The third kappa shape index (κ3) is 5.41. The zero-order valence-corrected chi connectivity index (χ0v) is 12.4. The number of ether oxygens (including phenoxy) is 1. The molecular formula is C14H20N2O2S. The van der Waals surface area contributed by atoms with Crippen molar-refractivity contribution < 1.29 is 8.95 Å². The van der Waals surface area contributed by atoms with Crippen molar-refractivity contribution in [2.45, 2.75) is 25.9 Å². The van der Waals surface area contributed by atoms with Gasteiger partial charge < -0.3 is 10.1 Å². The second-order valence-corrected chi connectivity index (χ2v) is 6.05. The zero-order valence-electron chi connectivity index (χ0n) is 11.6. The lowest BCUT2D eigenvalue weighted by Gasteiger charge is -2.13. The summed E-state index contributed by atoms with van der Waals surface area (Å²) in [5.74, 6) is 1.31. The van der Waals surface area contributed by atoms with Gasteiger partial charge in [-0.15, -0.1) is 0 Å². The van der Waals surface area contributed by atoms with Gasteiger partial charge in [0.25, 0.3) is 0 Å². The molecule has 0 aliphatic rings. The van der Waals surface area contributed by atoms with Crippen molar-refractivity contribution in [2.24, 2.45) is 0 Å². The minimum Gasteiger partial charge on any atom is -0.495 e. The average Bonchev–Trinajstić information content (AvgIpc) is 2.42. The molecule has 19 heavy (non-hydrogen) atoms. The van der Waals surface area contributed by atoms with Crippen molar-refractivity contribution in [1.29, 1.82) is 5.26 Å². The normalized spacial score (nSPS) is 13.6. The van der Waals surface area contributed by atoms with Gasteiger partial charge in [0.2, 0.25) is 0 Å². The van der Waals surface area contributed by atoms with Crippen LogP contribution in [-0.2, 0) is 17.3 Å². The molecule has 5 heteroatoms. The molecule has 0 saturated heterocycles.